The lowest BCUT2D eigenvalue weighted by atomic mass is 9.70. The summed E-state index contributed by atoms with van der Waals surface area (Å²) in [6, 6.07) is 12.4. The number of likely N-dealkylation sites (tertiary alicyclic amines) is 1. The highest BCUT2D eigenvalue weighted by Crippen LogP contribution is 2.42. The van der Waals surface area contributed by atoms with Crippen LogP contribution in [0.3, 0.4) is 0 Å². The van der Waals surface area contributed by atoms with Crippen LogP contribution in [0.15, 0.2) is 46.3 Å². The minimum Gasteiger partial charge on any atom is -0.483 e. The Balaban J connectivity index is 0.000000913. The van der Waals surface area contributed by atoms with Crippen LogP contribution in [0.1, 0.15) is 42.5 Å². The third-order valence-corrected chi connectivity index (χ3v) is 6.42. The number of rotatable bonds is 6. The lowest BCUT2D eigenvalue weighted by Gasteiger charge is -2.41. The van der Waals surface area contributed by atoms with Crippen molar-refractivity contribution in [2.45, 2.75) is 38.5 Å². The van der Waals surface area contributed by atoms with Crippen LogP contribution >= 0.6 is 11.3 Å². The van der Waals surface area contributed by atoms with Crippen molar-refractivity contribution in [3.63, 3.8) is 0 Å². The van der Waals surface area contributed by atoms with Gasteiger partial charge >= 0.3 is 0 Å². The van der Waals surface area contributed by atoms with Crippen molar-refractivity contribution >= 4 is 28.8 Å². The van der Waals surface area contributed by atoms with Gasteiger partial charge in [-0.1, -0.05) is 35.5 Å². The maximum atomic E-state index is 12.8. The number of hydrogen-bond donors (Lipinski definition) is 2. The smallest absolute Gasteiger partial charge is 0.290 e. The van der Waals surface area contributed by atoms with E-state index in [1.54, 1.807) is 11.3 Å². The topological polar surface area (TPSA) is 109 Å². The molecule has 2 N–H and O–H groups in total. The number of nitrogens with zero attached hydrogens (tertiary/aromatic N) is 3. The number of nitrogens with one attached hydrogen (secondary N) is 1. The summed E-state index contributed by atoms with van der Waals surface area (Å²) >= 11 is 1.65. The number of aromatic nitrogens is 2. The van der Waals surface area contributed by atoms with E-state index in [1.807, 2.05) is 24.0 Å². The Morgan fingerprint density at radius 3 is 2.59 bits per heavy atom. The normalized spacial score (nSPS) is 14.9. The molecule has 1 fully saturated rings. The zero-order valence-corrected chi connectivity index (χ0v) is 19.1. The third kappa shape index (κ3) is 5.34. The van der Waals surface area contributed by atoms with E-state index in [-0.39, 0.29) is 24.2 Å². The number of piperidine rings is 1. The molecule has 0 aliphatic carbocycles. The summed E-state index contributed by atoms with van der Waals surface area (Å²) in [6.07, 6.45) is 1.97. The van der Waals surface area contributed by atoms with Crippen LogP contribution in [0.4, 0.5) is 5.13 Å². The molecule has 0 unspecified atom stereocenters. The summed E-state index contributed by atoms with van der Waals surface area (Å²) in [7, 11) is 0. The second kappa shape index (κ2) is 10.9. The Bertz CT molecular complexity index is 1010. The van der Waals surface area contributed by atoms with Crippen LogP contribution in [0.2, 0.25) is 0 Å². The predicted octanol–water partition coefficient (Wildman–Crippen LogP) is 3.72. The fourth-order valence-corrected chi connectivity index (χ4v) is 4.95. The third-order valence-electron chi connectivity index (χ3n) is 5.62. The molecule has 1 amide bonds. The van der Waals surface area contributed by atoms with Crippen molar-refractivity contribution in [2.75, 3.05) is 25.0 Å². The number of anilines is 1. The average Bonchev–Trinajstić information content (AvgIpc) is 3.44. The lowest BCUT2D eigenvalue weighted by molar-refractivity contribution is -0.132. The first-order valence-corrected chi connectivity index (χ1v) is 11.4. The largest absolute Gasteiger partial charge is 0.483 e. The number of benzene rings is 1. The van der Waals surface area contributed by atoms with Gasteiger partial charge in [0.2, 0.25) is 5.91 Å². The zero-order chi connectivity index (χ0) is 23.0. The van der Waals surface area contributed by atoms with Crippen LogP contribution < -0.4 is 5.32 Å². The Morgan fingerprint density at radius 2 is 2.00 bits per heavy atom. The fourth-order valence-electron chi connectivity index (χ4n) is 4.07. The molecule has 1 aliphatic rings. The minimum absolute atomic E-state index is 0.0921. The van der Waals surface area contributed by atoms with Crippen molar-refractivity contribution in [1.29, 1.82) is 0 Å². The van der Waals surface area contributed by atoms with Crippen LogP contribution in [0.25, 0.3) is 0 Å². The van der Waals surface area contributed by atoms with E-state index in [0.717, 1.165) is 35.9 Å². The van der Waals surface area contributed by atoms with E-state index >= 15 is 0 Å². The molecule has 1 aliphatic heterocycles. The van der Waals surface area contributed by atoms with Gasteiger partial charge in [-0.25, -0.2) is 4.98 Å². The molecule has 32 heavy (non-hydrogen) atoms. The first-order chi connectivity index (χ1) is 15.5. The van der Waals surface area contributed by atoms with E-state index in [9.17, 15) is 4.79 Å². The zero-order valence-electron chi connectivity index (χ0n) is 18.3. The monoisotopic (exact) mass is 456 g/mol. The molecular weight excluding hydrogens is 428 g/mol. The second-order valence-corrected chi connectivity index (χ2v) is 8.47. The van der Waals surface area contributed by atoms with E-state index in [4.69, 9.17) is 19.4 Å². The Labute approximate surface area is 191 Å². The van der Waals surface area contributed by atoms with Gasteiger partial charge in [0.1, 0.15) is 5.76 Å². The molecule has 8 nitrogen and oxygen atoms in total. The number of hydrogen-bond acceptors (Lipinski definition) is 7. The summed E-state index contributed by atoms with van der Waals surface area (Å²) in [5.41, 5.74) is 3.01. The molecule has 0 spiro atoms. The number of thiazole rings is 1. The molecule has 9 heteroatoms. The molecule has 0 radical (unpaired) electrons. The van der Waals surface area contributed by atoms with Gasteiger partial charge in [0.05, 0.1) is 17.8 Å². The Morgan fingerprint density at radius 1 is 1.31 bits per heavy atom. The van der Waals surface area contributed by atoms with Crippen molar-refractivity contribution in [3.05, 3.63) is 64.5 Å². The molecule has 2 aromatic heterocycles. The maximum absolute atomic E-state index is 12.8. The highest BCUT2D eigenvalue weighted by molar-refractivity contribution is 7.13. The molecule has 4 rings (SSSR count). The summed E-state index contributed by atoms with van der Waals surface area (Å²) < 4.78 is 5.22. The minimum atomic E-state index is -0.250. The Kier molecular flexibility index (Phi) is 7.99. The summed E-state index contributed by atoms with van der Waals surface area (Å²) in [5, 5.41) is 17.2. The lowest BCUT2D eigenvalue weighted by Crippen LogP contribution is -2.46. The van der Waals surface area contributed by atoms with E-state index < -0.39 is 0 Å². The number of carbonyl (C=O) groups is 2. The average molecular weight is 457 g/mol. The molecule has 3 heterocycles. The van der Waals surface area contributed by atoms with Gasteiger partial charge in [0.15, 0.2) is 5.13 Å². The van der Waals surface area contributed by atoms with Gasteiger partial charge in [-0.15, -0.1) is 11.3 Å². The number of amides is 1. The van der Waals surface area contributed by atoms with Gasteiger partial charge in [-0.2, -0.15) is 0 Å². The van der Waals surface area contributed by atoms with Gasteiger partial charge < -0.3 is 19.8 Å². The van der Waals surface area contributed by atoms with Crippen molar-refractivity contribution in [1.82, 2.24) is 15.0 Å². The predicted molar refractivity (Wildman–Crippen MR) is 123 cm³/mol. The van der Waals surface area contributed by atoms with E-state index in [1.165, 1.54) is 5.56 Å². The highest BCUT2D eigenvalue weighted by Gasteiger charge is 2.40. The quantitative estimate of drug-likeness (QED) is 0.544. The number of aryl methyl sites for hydroxylation is 1. The first-order valence-electron chi connectivity index (χ1n) is 10.6. The van der Waals surface area contributed by atoms with Gasteiger partial charge in [-0.05, 0) is 32.3 Å². The van der Waals surface area contributed by atoms with Gasteiger partial charge in [0, 0.05) is 36.5 Å². The summed E-state index contributed by atoms with van der Waals surface area (Å²) in [4.78, 5) is 28.0. The number of carbonyl (C=O) groups excluding carboxylic acids is 1. The molecule has 1 saturated heterocycles. The van der Waals surface area contributed by atoms with Crippen molar-refractivity contribution in [2.24, 2.45) is 0 Å². The van der Waals surface area contributed by atoms with Crippen molar-refractivity contribution < 1.29 is 19.2 Å². The van der Waals surface area contributed by atoms with Gasteiger partial charge in [0.25, 0.3) is 6.47 Å². The summed E-state index contributed by atoms with van der Waals surface area (Å²) in [6.45, 7) is 5.95. The molecule has 0 bridgehead atoms. The molecule has 3 aromatic rings. The molecule has 1 aromatic carbocycles. The van der Waals surface area contributed by atoms with Gasteiger partial charge in [-0.3, -0.25) is 9.59 Å². The number of carboxylic acid groups (broad SMARTS) is 1. The van der Waals surface area contributed by atoms with Crippen LogP contribution in [-0.2, 0) is 21.4 Å². The molecule has 0 atom stereocenters. The molecule has 170 valence electrons. The highest BCUT2D eigenvalue weighted by atomic mass is 32.1. The maximum Gasteiger partial charge on any atom is 0.290 e. The van der Waals surface area contributed by atoms with Crippen LogP contribution in [-0.4, -0.2) is 52.2 Å². The van der Waals surface area contributed by atoms with Crippen LogP contribution in [0.5, 0.6) is 0 Å². The fraction of sp³-hybridized carbons (Fsp3) is 0.391. The van der Waals surface area contributed by atoms with Crippen molar-refractivity contribution in [3.8, 4) is 0 Å². The summed E-state index contributed by atoms with van der Waals surface area (Å²) in [5.74, 6) is 0.719. The molecule has 0 saturated carbocycles. The molecular formula is C23H28N4O4S. The Hall–Kier alpha value is -3.20. The van der Waals surface area contributed by atoms with E-state index in [0.29, 0.717) is 18.8 Å². The standard InChI is InChI=1S/C22H26N4O2S.CH2O2/c1-3-23-21-24-19(15-29-21)22(17-7-5-4-6-8-17)9-11-26(12-10-22)20(27)14-18-13-16(2)25-28-18;2-1-3/h4-8,13,15H,3,9-12,14H2,1-2H3,(H,23,24);1H,(H,2,3). The van der Waals surface area contributed by atoms with Crippen LogP contribution in [0, 0.1) is 6.92 Å². The van der Waals surface area contributed by atoms with E-state index in [2.05, 4.69) is 47.0 Å². The second-order valence-electron chi connectivity index (χ2n) is 7.61. The SMILES string of the molecule is CCNc1nc(C2(c3ccccc3)CCN(C(=O)Cc3cc(C)no3)CC2)cs1.O=CO. The first kappa shape index (κ1) is 23.5.